The maximum absolute atomic E-state index is 4.48. The topological polar surface area (TPSA) is 12.4 Å². The molecule has 0 saturated carbocycles. The minimum Gasteiger partial charge on any atom is -0.283 e. The molecular formula is C10H21NS. The normalized spacial score (nSPS) is 15.3. The van der Waals surface area contributed by atoms with E-state index in [2.05, 4.69) is 38.9 Å². The Morgan fingerprint density at radius 1 is 1.33 bits per heavy atom. The first-order valence-corrected chi connectivity index (χ1v) is 5.83. The van der Waals surface area contributed by atoms with Crippen molar-refractivity contribution in [2.45, 2.75) is 34.1 Å². The minimum absolute atomic E-state index is 0.729. The molecule has 0 aromatic carbocycles. The molecule has 0 spiro atoms. The molecule has 0 N–H and O–H groups in total. The Bertz CT molecular complexity index is 141. The number of rotatable bonds is 4. The van der Waals surface area contributed by atoms with Gasteiger partial charge in [0.1, 0.15) is 0 Å². The molecule has 0 amide bonds. The third-order valence-electron chi connectivity index (χ3n) is 1.79. The van der Waals surface area contributed by atoms with E-state index in [-0.39, 0.29) is 0 Å². The predicted octanol–water partition coefficient (Wildman–Crippen LogP) is 3.45. The summed E-state index contributed by atoms with van der Waals surface area (Å²) in [5, 5.41) is 1.20. The highest BCUT2D eigenvalue weighted by Gasteiger charge is 2.03. The third kappa shape index (κ3) is 6.71. The monoisotopic (exact) mass is 187 g/mol. The second kappa shape index (κ2) is 6.53. The fourth-order valence-electron chi connectivity index (χ4n) is 1.23. The number of hydrogen-bond acceptors (Lipinski definition) is 2. The Kier molecular flexibility index (Phi) is 6.54. The van der Waals surface area contributed by atoms with E-state index in [1.54, 1.807) is 11.8 Å². The van der Waals surface area contributed by atoms with Crippen LogP contribution in [0.2, 0.25) is 0 Å². The highest BCUT2D eigenvalue weighted by atomic mass is 32.2. The largest absolute Gasteiger partial charge is 0.283 e. The zero-order chi connectivity index (χ0) is 9.56. The average molecular weight is 187 g/mol. The summed E-state index contributed by atoms with van der Waals surface area (Å²) < 4.78 is 0. The van der Waals surface area contributed by atoms with E-state index in [0.29, 0.717) is 0 Å². The fraction of sp³-hybridized carbons (Fsp3) is 0.900. The molecule has 12 heavy (non-hydrogen) atoms. The van der Waals surface area contributed by atoms with Crippen molar-refractivity contribution < 1.29 is 0 Å². The number of nitrogens with zero attached hydrogens (tertiary/aromatic N) is 1. The molecule has 0 radical (unpaired) electrons. The Labute approximate surface area is 81.0 Å². The van der Waals surface area contributed by atoms with E-state index in [1.807, 2.05) is 0 Å². The lowest BCUT2D eigenvalue weighted by molar-refractivity contribution is 0.448. The quantitative estimate of drug-likeness (QED) is 0.485. The standard InChI is InChI=1S/C10H21NS/c1-8(2)6-9(3)7-11-10(4)12-5/h8-9H,6-7H2,1-5H3/b11-10-. The van der Waals surface area contributed by atoms with Gasteiger partial charge in [0.25, 0.3) is 0 Å². The minimum atomic E-state index is 0.729. The molecule has 2 heteroatoms. The lowest BCUT2D eigenvalue weighted by Gasteiger charge is -2.11. The Balaban J connectivity index is 3.62. The molecule has 0 aromatic heterocycles. The van der Waals surface area contributed by atoms with Crippen LogP contribution in [-0.4, -0.2) is 17.8 Å². The van der Waals surface area contributed by atoms with Crippen LogP contribution in [0.5, 0.6) is 0 Å². The van der Waals surface area contributed by atoms with Gasteiger partial charge in [-0.25, -0.2) is 0 Å². The first-order chi connectivity index (χ1) is 5.56. The first kappa shape index (κ1) is 12.0. The molecule has 0 bridgehead atoms. The van der Waals surface area contributed by atoms with Gasteiger partial charge in [-0.2, -0.15) is 0 Å². The predicted molar refractivity (Wildman–Crippen MR) is 60.1 cm³/mol. The molecule has 0 aromatic rings. The Morgan fingerprint density at radius 3 is 2.33 bits per heavy atom. The second-order valence-electron chi connectivity index (χ2n) is 3.80. The van der Waals surface area contributed by atoms with E-state index in [1.165, 1.54) is 11.5 Å². The van der Waals surface area contributed by atoms with Crippen molar-refractivity contribution in [1.29, 1.82) is 0 Å². The summed E-state index contributed by atoms with van der Waals surface area (Å²) in [6.07, 6.45) is 3.36. The number of hydrogen-bond donors (Lipinski definition) is 0. The smallest absolute Gasteiger partial charge is 0.0642 e. The summed E-state index contributed by atoms with van der Waals surface area (Å²) in [6, 6.07) is 0. The van der Waals surface area contributed by atoms with Crippen molar-refractivity contribution in [2.75, 3.05) is 12.8 Å². The molecule has 1 unspecified atom stereocenters. The van der Waals surface area contributed by atoms with Crippen LogP contribution in [0.15, 0.2) is 4.99 Å². The van der Waals surface area contributed by atoms with Crippen LogP contribution in [0.3, 0.4) is 0 Å². The van der Waals surface area contributed by atoms with E-state index >= 15 is 0 Å². The molecule has 0 aliphatic heterocycles. The molecule has 1 atom stereocenters. The summed E-state index contributed by atoms with van der Waals surface area (Å²) in [6.45, 7) is 9.87. The molecule has 0 heterocycles. The van der Waals surface area contributed by atoms with E-state index < -0.39 is 0 Å². The zero-order valence-electron chi connectivity index (χ0n) is 8.92. The van der Waals surface area contributed by atoms with Gasteiger partial charge in [-0.3, -0.25) is 4.99 Å². The number of thioether (sulfide) groups is 1. The van der Waals surface area contributed by atoms with Crippen molar-refractivity contribution in [3.8, 4) is 0 Å². The van der Waals surface area contributed by atoms with Crippen LogP contribution < -0.4 is 0 Å². The van der Waals surface area contributed by atoms with Crippen molar-refractivity contribution in [3.63, 3.8) is 0 Å². The molecule has 0 fully saturated rings. The van der Waals surface area contributed by atoms with Crippen LogP contribution >= 0.6 is 11.8 Å². The summed E-state index contributed by atoms with van der Waals surface area (Å²) in [4.78, 5) is 4.48. The van der Waals surface area contributed by atoms with Crippen LogP contribution in [0, 0.1) is 11.8 Å². The van der Waals surface area contributed by atoms with Crippen LogP contribution in [0.4, 0.5) is 0 Å². The second-order valence-corrected chi connectivity index (χ2v) is 4.80. The zero-order valence-corrected chi connectivity index (χ0v) is 9.74. The van der Waals surface area contributed by atoms with E-state index in [4.69, 9.17) is 0 Å². The summed E-state index contributed by atoms with van der Waals surface area (Å²) >= 11 is 1.74. The van der Waals surface area contributed by atoms with Crippen LogP contribution in [0.1, 0.15) is 34.1 Å². The van der Waals surface area contributed by atoms with Gasteiger partial charge in [-0.15, -0.1) is 11.8 Å². The Hall–Kier alpha value is 0.0200. The maximum atomic E-state index is 4.48. The van der Waals surface area contributed by atoms with Crippen molar-refractivity contribution in [1.82, 2.24) is 0 Å². The van der Waals surface area contributed by atoms with Crippen LogP contribution in [-0.2, 0) is 0 Å². The highest BCUT2D eigenvalue weighted by Crippen LogP contribution is 2.11. The summed E-state index contributed by atoms with van der Waals surface area (Å²) in [5.41, 5.74) is 0. The van der Waals surface area contributed by atoms with Gasteiger partial charge < -0.3 is 0 Å². The lowest BCUT2D eigenvalue weighted by Crippen LogP contribution is -2.04. The van der Waals surface area contributed by atoms with E-state index in [0.717, 1.165) is 18.4 Å². The SMILES string of the molecule is CS/C(C)=N\CC(C)CC(C)C. The van der Waals surface area contributed by atoms with Gasteiger partial charge in [0, 0.05) is 6.54 Å². The molecule has 0 rings (SSSR count). The van der Waals surface area contributed by atoms with E-state index in [9.17, 15) is 0 Å². The van der Waals surface area contributed by atoms with Crippen molar-refractivity contribution >= 4 is 16.8 Å². The van der Waals surface area contributed by atoms with Gasteiger partial charge in [0.15, 0.2) is 0 Å². The van der Waals surface area contributed by atoms with Crippen LogP contribution in [0.25, 0.3) is 0 Å². The molecule has 0 aliphatic carbocycles. The van der Waals surface area contributed by atoms with Gasteiger partial charge in [0.05, 0.1) is 5.04 Å². The fourth-order valence-corrected chi connectivity index (χ4v) is 1.43. The molecule has 1 nitrogen and oxygen atoms in total. The lowest BCUT2D eigenvalue weighted by atomic mass is 9.99. The molecule has 0 aliphatic rings. The van der Waals surface area contributed by atoms with Gasteiger partial charge in [-0.05, 0) is 31.4 Å². The van der Waals surface area contributed by atoms with Gasteiger partial charge >= 0.3 is 0 Å². The highest BCUT2D eigenvalue weighted by molar-refractivity contribution is 8.13. The Morgan fingerprint density at radius 2 is 1.92 bits per heavy atom. The molecule has 72 valence electrons. The van der Waals surface area contributed by atoms with Gasteiger partial charge in [-0.1, -0.05) is 20.8 Å². The average Bonchev–Trinajstić information content (AvgIpc) is 1.99. The van der Waals surface area contributed by atoms with Crippen molar-refractivity contribution in [2.24, 2.45) is 16.8 Å². The van der Waals surface area contributed by atoms with Crippen molar-refractivity contribution in [3.05, 3.63) is 0 Å². The third-order valence-corrected chi connectivity index (χ3v) is 2.51. The summed E-state index contributed by atoms with van der Waals surface area (Å²) in [5.74, 6) is 1.52. The maximum Gasteiger partial charge on any atom is 0.0642 e. The summed E-state index contributed by atoms with van der Waals surface area (Å²) in [7, 11) is 0. The molecule has 0 saturated heterocycles. The number of aliphatic imine (C=N–C) groups is 1. The first-order valence-electron chi connectivity index (χ1n) is 4.61. The van der Waals surface area contributed by atoms with Gasteiger partial charge in [0.2, 0.25) is 0 Å². The molecular weight excluding hydrogens is 166 g/mol.